The van der Waals surface area contributed by atoms with E-state index in [9.17, 15) is 4.79 Å². The van der Waals surface area contributed by atoms with Crippen LogP contribution in [0.1, 0.15) is 24.8 Å². The quantitative estimate of drug-likeness (QED) is 0.757. The van der Waals surface area contributed by atoms with Gasteiger partial charge in [-0.3, -0.25) is 4.79 Å². The van der Waals surface area contributed by atoms with Gasteiger partial charge in [0.1, 0.15) is 0 Å². The van der Waals surface area contributed by atoms with Crippen molar-refractivity contribution in [3.05, 3.63) is 35.9 Å². The van der Waals surface area contributed by atoms with Gasteiger partial charge in [-0.2, -0.15) is 0 Å². The monoisotopic (exact) mass is 226 g/mol. The smallest absolute Gasteiger partial charge is 0.303 e. The molecule has 1 aromatic rings. The number of halogens is 1. The number of hydrogen-bond donors (Lipinski definition) is 1. The highest BCUT2D eigenvalue weighted by molar-refractivity contribution is 6.20. The third-order valence-electron chi connectivity index (χ3n) is 2.26. The van der Waals surface area contributed by atoms with E-state index in [4.69, 9.17) is 16.7 Å². The van der Waals surface area contributed by atoms with Crippen molar-refractivity contribution in [3.8, 4) is 0 Å². The average Bonchev–Trinajstić information content (AvgIpc) is 2.25. The Balaban J connectivity index is 2.22. The SMILES string of the molecule is O=C(O)CCC(Cl)CCc1ccccc1. The lowest BCUT2D eigenvalue weighted by Gasteiger charge is -2.07. The molecule has 0 aliphatic rings. The second-order valence-corrected chi connectivity index (χ2v) is 4.17. The van der Waals surface area contributed by atoms with Gasteiger partial charge in [0.05, 0.1) is 0 Å². The second-order valence-electron chi connectivity index (χ2n) is 3.55. The Kier molecular flexibility index (Phi) is 5.19. The van der Waals surface area contributed by atoms with Gasteiger partial charge in [0.15, 0.2) is 0 Å². The van der Waals surface area contributed by atoms with E-state index in [1.54, 1.807) is 0 Å². The molecular formula is C12H15ClO2. The molecular weight excluding hydrogens is 212 g/mol. The molecule has 0 radical (unpaired) electrons. The fourth-order valence-corrected chi connectivity index (χ4v) is 1.61. The van der Waals surface area contributed by atoms with Gasteiger partial charge in [-0.25, -0.2) is 0 Å². The van der Waals surface area contributed by atoms with Gasteiger partial charge in [-0.1, -0.05) is 30.3 Å². The summed E-state index contributed by atoms with van der Waals surface area (Å²) < 4.78 is 0. The molecule has 0 aliphatic carbocycles. The molecule has 3 heteroatoms. The summed E-state index contributed by atoms with van der Waals surface area (Å²) >= 11 is 6.01. The maximum Gasteiger partial charge on any atom is 0.303 e. The number of aryl methyl sites for hydroxylation is 1. The van der Waals surface area contributed by atoms with Gasteiger partial charge < -0.3 is 5.11 Å². The summed E-state index contributed by atoms with van der Waals surface area (Å²) in [4.78, 5) is 10.3. The Labute approximate surface area is 94.9 Å². The van der Waals surface area contributed by atoms with Crippen LogP contribution in [0.4, 0.5) is 0 Å². The molecule has 0 aromatic heterocycles. The second kappa shape index (κ2) is 6.46. The molecule has 1 atom stereocenters. The van der Waals surface area contributed by atoms with Crippen LogP contribution in [0.3, 0.4) is 0 Å². The van der Waals surface area contributed by atoms with E-state index in [2.05, 4.69) is 12.1 Å². The summed E-state index contributed by atoms with van der Waals surface area (Å²) in [7, 11) is 0. The zero-order chi connectivity index (χ0) is 11.1. The van der Waals surface area contributed by atoms with E-state index in [0.29, 0.717) is 6.42 Å². The van der Waals surface area contributed by atoms with E-state index < -0.39 is 5.97 Å². The predicted octanol–water partition coefficient (Wildman–Crippen LogP) is 3.09. The number of carboxylic acid groups (broad SMARTS) is 1. The van der Waals surface area contributed by atoms with E-state index in [-0.39, 0.29) is 11.8 Å². The minimum absolute atomic E-state index is 0.0405. The van der Waals surface area contributed by atoms with Crippen molar-refractivity contribution in [1.82, 2.24) is 0 Å². The van der Waals surface area contributed by atoms with Crippen molar-refractivity contribution in [2.24, 2.45) is 0 Å². The average molecular weight is 227 g/mol. The lowest BCUT2D eigenvalue weighted by molar-refractivity contribution is -0.137. The maximum atomic E-state index is 10.3. The van der Waals surface area contributed by atoms with E-state index in [0.717, 1.165) is 12.8 Å². The first kappa shape index (κ1) is 12.1. The zero-order valence-corrected chi connectivity index (χ0v) is 9.28. The van der Waals surface area contributed by atoms with Crippen LogP contribution in [0.2, 0.25) is 0 Å². The van der Waals surface area contributed by atoms with Crippen LogP contribution in [-0.2, 0) is 11.2 Å². The summed E-state index contributed by atoms with van der Waals surface area (Å²) in [5.41, 5.74) is 1.25. The highest BCUT2D eigenvalue weighted by atomic mass is 35.5. The predicted molar refractivity (Wildman–Crippen MR) is 61.3 cm³/mol. The van der Waals surface area contributed by atoms with E-state index in [1.807, 2.05) is 18.2 Å². The third kappa shape index (κ3) is 5.43. The first-order valence-corrected chi connectivity index (χ1v) is 5.52. The molecule has 0 saturated heterocycles. The fraction of sp³-hybridized carbons (Fsp3) is 0.417. The van der Waals surface area contributed by atoms with Crippen molar-refractivity contribution in [1.29, 1.82) is 0 Å². The molecule has 0 aliphatic heterocycles. The first-order chi connectivity index (χ1) is 7.18. The Morgan fingerprint density at radius 3 is 2.53 bits per heavy atom. The molecule has 1 aromatic carbocycles. The van der Waals surface area contributed by atoms with Gasteiger partial charge in [-0.05, 0) is 24.8 Å². The minimum Gasteiger partial charge on any atom is -0.481 e. The molecule has 0 amide bonds. The van der Waals surface area contributed by atoms with Crippen molar-refractivity contribution in [2.45, 2.75) is 31.1 Å². The Morgan fingerprint density at radius 2 is 1.93 bits per heavy atom. The fourth-order valence-electron chi connectivity index (χ4n) is 1.39. The van der Waals surface area contributed by atoms with Crippen molar-refractivity contribution < 1.29 is 9.90 Å². The molecule has 0 fully saturated rings. The van der Waals surface area contributed by atoms with Crippen LogP contribution in [0.25, 0.3) is 0 Å². The van der Waals surface area contributed by atoms with Crippen LogP contribution >= 0.6 is 11.6 Å². The molecule has 1 rings (SSSR count). The number of carbonyl (C=O) groups is 1. The first-order valence-electron chi connectivity index (χ1n) is 5.08. The summed E-state index contributed by atoms with van der Waals surface area (Å²) in [5.74, 6) is -0.777. The molecule has 82 valence electrons. The molecule has 2 nitrogen and oxygen atoms in total. The van der Waals surface area contributed by atoms with Crippen molar-refractivity contribution in [2.75, 3.05) is 0 Å². The largest absolute Gasteiger partial charge is 0.481 e. The number of carboxylic acids is 1. The van der Waals surface area contributed by atoms with Gasteiger partial charge >= 0.3 is 5.97 Å². The highest BCUT2D eigenvalue weighted by Crippen LogP contribution is 2.13. The molecule has 0 spiro atoms. The molecule has 0 saturated carbocycles. The van der Waals surface area contributed by atoms with E-state index >= 15 is 0 Å². The van der Waals surface area contributed by atoms with Crippen molar-refractivity contribution >= 4 is 17.6 Å². The third-order valence-corrected chi connectivity index (χ3v) is 2.70. The normalized spacial score (nSPS) is 12.3. The van der Waals surface area contributed by atoms with Crippen LogP contribution in [-0.4, -0.2) is 16.5 Å². The van der Waals surface area contributed by atoms with Crippen LogP contribution in [0, 0.1) is 0 Å². The van der Waals surface area contributed by atoms with Crippen LogP contribution < -0.4 is 0 Å². The standard InChI is InChI=1S/C12H15ClO2/c13-11(8-9-12(14)15)7-6-10-4-2-1-3-5-10/h1-5,11H,6-9H2,(H,14,15). The lowest BCUT2D eigenvalue weighted by Crippen LogP contribution is -2.04. The molecule has 0 bridgehead atoms. The number of hydrogen-bond acceptors (Lipinski definition) is 1. The summed E-state index contributed by atoms with van der Waals surface area (Å²) in [6.07, 6.45) is 2.44. The minimum atomic E-state index is -0.777. The highest BCUT2D eigenvalue weighted by Gasteiger charge is 2.07. The molecule has 15 heavy (non-hydrogen) atoms. The Bertz CT molecular complexity index is 298. The van der Waals surface area contributed by atoms with Crippen molar-refractivity contribution in [3.63, 3.8) is 0 Å². The lowest BCUT2D eigenvalue weighted by atomic mass is 10.1. The molecule has 0 heterocycles. The van der Waals surface area contributed by atoms with Gasteiger partial charge in [0, 0.05) is 11.8 Å². The van der Waals surface area contributed by atoms with Gasteiger partial charge in [0.2, 0.25) is 0 Å². The van der Waals surface area contributed by atoms with Gasteiger partial charge in [0.25, 0.3) is 0 Å². The number of aliphatic carboxylic acids is 1. The van der Waals surface area contributed by atoms with Gasteiger partial charge in [-0.15, -0.1) is 11.6 Å². The topological polar surface area (TPSA) is 37.3 Å². The zero-order valence-electron chi connectivity index (χ0n) is 8.53. The maximum absolute atomic E-state index is 10.3. The molecule has 1 unspecified atom stereocenters. The number of benzene rings is 1. The molecule has 1 N–H and O–H groups in total. The van der Waals surface area contributed by atoms with Crippen LogP contribution in [0.5, 0.6) is 0 Å². The summed E-state index contributed by atoms with van der Waals surface area (Å²) in [5, 5.41) is 8.45. The number of alkyl halides is 1. The summed E-state index contributed by atoms with van der Waals surface area (Å²) in [6.45, 7) is 0. The van der Waals surface area contributed by atoms with Crippen LogP contribution in [0.15, 0.2) is 30.3 Å². The summed E-state index contributed by atoms with van der Waals surface area (Å²) in [6, 6.07) is 10.1. The Morgan fingerprint density at radius 1 is 1.27 bits per heavy atom. The number of rotatable bonds is 6. The van der Waals surface area contributed by atoms with E-state index in [1.165, 1.54) is 5.56 Å². The Hall–Kier alpha value is -1.02.